The first-order valence-corrected chi connectivity index (χ1v) is 7.66. The predicted octanol–water partition coefficient (Wildman–Crippen LogP) is 0.958. The van der Waals surface area contributed by atoms with Crippen LogP contribution in [0.1, 0.15) is 6.92 Å². The van der Waals surface area contributed by atoms with Crippen molar-refractivity contribution in [1.29, 1.82) is 0 Å². The molecule has 5 nitrogen and oxygen atoms in total. The van der Waals surface area contributed by atoms with Gasteiger partial charge in [0.25, 0.3) is 0 Å². The lowest BCUT2D eigenvalue weighted by Gasteiger charge is -2.14. The fourth-order valence-corrected chi connectivity index (χ4v) is 3.62. The van der Waals surface area contributed by atoms with Crippen molar-refractivity contribution in [3.63, 3.8) is 0 Å². The van der Waals surface area contributed by atoms with Crippen molar-refractivity contribution >= 4 is 28.8 Å². The molecule has 0 fully saturated rings. The maximum absolute atomic E-state index is 11.8. The molecule has 0 bridgehead atoms. The fourth-order valence-electron chi connectivity index (χ4n) is 2.53. The quantitative estimate of drug-likeness (QED) is 0.676. The molecule has 0 saturated carbocycles. The number of aromatic nitrogens is 2. The minimum absolute atomic E-state index is 0.208. The summed E-state index contributed by atoms with van der Waals surface area (Å²) >= 11 is 1.58. The number of fused-ring (bicyclic) bond motifs is 3. The van der Waals surface area contributed by atoms with E-state index >= 15 is 0 Å². The van der Waals surface area contributed by atoms with E-state index in [4.69, 9.17) is 4.74 Å². The summed E-state index contributed by atoms with van der Waals surface area (Å²) in [4.78, 5) is 11.8. The van der Waals surface area contributed by atoms with Crippen LogP contribution in [0, 0.1) is 0 Å². The second-order valence-electron chi connectivity index (χ2n) is 4.74. The first-order chi connectivity index (χ1) is 9.70. The Kier molecular flexibility index (Phi) is 3.67. The second kappa shape index (κ2) is 5.46. The number of aliphatic hydroxyl groups excluding tert-OH is 1. The highest BCUT2D eigenvalue weighted by molar-refractivity contribution is 7.99. The van der Waals surface area contributed by atoms with Crippen LogP contribution in [-0.4, -0.2) is 34.1 Å². The van der Waals surface area contributed by atoms with Gasteiger partial charge < -0.3 is 9.84 Å². The minimum atomic E-state index is -0.348. The van der Waals surface area contributed by atoms with Gasteiger partial charge in [0.15, 0.2) is 17.6 Å². The van der Waals surface area contributed by atoms with Crippen LogP contribution in [0.3, 0.4) is 0 Å². The predicted molar refractivity (Wildman–Crippen MR) is 75.5 cm³/mol. The summed E-state index contributed by atoms with van der Waals surface area (Å²) in [5, 5.41) is 10.9. The van der Waals surface area contributed by atoms with E-state index in [1.54, 1.807) is 18.7 Å². The molecular weight excluding hydrogens is 276 g/mol. The maximum Gasteiger partial charge on any atom is 0.348 e. The number of carbonyl (C=O) groups is 1. The summed E-state index contributed by atoms with van der Waals surface area (Å²) in [6.45, 7) is 2.97. The summed E-state index contributed by atoms with van der Waals surface area (Å²) in [6.07, 6.45) is -0.348. The highest BCUT2D eigenvalue weighted by Gasteiger charge is 2.32. The van der Waals surface area contributed by atoms with E-state index in [2.05, 4.69) is 4.57 Å². The Labute approximate surface area is 121 Å². The number of thioether (sulfide) groups is 1. The molecule has 3 rings (SSSR count). The molecule has 2 heterocycles. The Morgan fingerprint density at radius 2 is 2.35 bits per heavy atom. The van der Waals surface area contributed by atoms with Crippen LogP contribution in [0.5, 0.6) is 0 Å². The van der Waals surface area contributed by atoms with E-state index in [1.165, 1.54) is 0 Å². The molecule has 0 saturated heterocycles. The average molecular weight is 293 g/mol. The summed E-state index contributed by atoms with van der Waals surface area (Å²) < 4.78 is 9.10. The molecule has 1 N–H and O–H groups in total. The molecule has 0 aliphatic carbocycles. The molecule has 0 unspecified atom stereocenters. The molecular formula is C14H17N2O3S+. The molecule has 0 radical (unpaired) electrons. The third-order valence-corrected chi connectivity index (χ3v) is 4.57. The summed E-state index contributed by atoms with van der Waals surface area (Å²) in [5.41, 5.74) is 2.04. The maximum atomic E-state index is 11.8. The van der Waals surface area contributed by atoms with E-state index in [0.29, 0.717) is 18.9 Å². The number of benzene rings is 1. The Hall–Kier alpha value is -1.53. The summed E-state index contributed by atoms with van der Waals surface area (Å²) in [6, 6.07) is 7.93. The zero-order chi connectivity index (χ0) is 14.1. The van der Waals surface area contributed by atoms with E-state index in [-0.39, 0.29) is 18.6 Å². The van der Waals surface area contributed by atoms with Crippen LogP contribution >= 0.6 is 11.8 Å². The Balaban J connectivity index is 2.09. The number of carbonyl (C=O) groups excluding carboxylic acids is 1. The summed E-state index contributed by atoms with van der Waals surface area (Å²) in [7, 11) is 0. The second-order valence-corrected chi connectivity index (χ2v) is 5.73. The van der Waals surface area contributed by atoms with Gasteiger partial charge in [-0.2, -0.15) is 0 Å². The van der Waals surface area contributed by atoms with Gasteiger partial charge in [0.05, 0.1) is 6.61 Å². The minimum Gasteiger partial charge on any atom is -0.463 e. The fraction of sp³-hybridized carbons (Fsp3) is 0.429. The van der Waals surface area contributed by atoms with Gasteiger partial charge in [-0.1, -0.05) is 12.1 Å². The van der Waals surface area contributed by atoms with E-state index < -0.39 is 0 Å². The van der Waals surface area contributed by atoms with Gasteiger partial charge in [0.2, 0.25) is 0 Å². The largest absolute Gasteiger partial charge is 0.463 e. The number of aliphatic hydroxyl groups is 1. The number of imidazole rings is 1. The van der Waals surface area contributed by atoms with Crippen molar-refractivity contribution in [3.8, 4) is 0 Å². The van der Waals surface area contributed by atoms with Crippen molar-refractivity contribution in [3.05, 3.63) is 24.3 Å². The third kappa shape index (κ3) is 2.29. The molecule has 0 spiro atoms. The Morgan fingerprint density at radius 1 is 1.55 bits per heavy atom. The lowest BCUT2D eigenvalue weighted by atomic mass is 10.3. The normalized spacial score (nSPS) is 18.0. The SMILES string of the molecule is CCOC(=O)Cn1c2[n+](c3ccccc31)C[C@H](O)CS2. The number of ether oxygens (including phenoxy) is 1. The van der Waals surface area contributed by atoms with Gasteiger partial charge in [-0.15, -0.1) is 0 Å². The van der Waals surface area contributed by atoms with Crippen LogP contribution in [0.25, 0.3) is 11.0 Å². The zero-order valence-corrected chi connectivity index (χ0v) is 12.1. The van der Waals surface area contributed by atoms with Crippen LogP contribution in [0.4, 0.5) is 0 Å². The number of nitrogens with zero attached hydrogens (tertiary/aromatic N) is 2. The first-order valence-electron chi connectivity index (χ1n) is 6.68. The van der Waals surface area contributed by atoms with E-state index in [9.17, 15) is 9.90 Å². The lowest BCUT2D eigenvalue weighted by molar-refractivity contribution is -0.717. The number of rotatable bonds is 3. The van der Waals surface area contributed by atoms with Gasteiger partial charge in [-0.3, -0.25) is 0 Å². The molecule has 1 aromatic carbocycles. The Bertz CT molecular complexity index is 653. The van der Waals surface area contributed by atoms with Gasteiger partial charge in [-0.05, 0) is 30.8 Å². The van der Waals surface area contributed by atoms with Gasteiger partial charge in [-0.25, -0.2) is 13.9 Å². The summed E-state index contributed by atoms with van der Waals surface area (Å²) in [5.74, 6) is 0.419. The molecule has 1 aliphatic rings. The molecule has 0 amide bonds. The van der Waals surface area contributed by atoms with E-state index in [1.807, 2.05) is 28.8 Å². The third-order valence-electron chi connectivity index (χ3n) is 3.32. The van der Waals surface area contributed by atoms with Crippen molar-refractivity contribution < 1.29 is 19.2 Å². The molecule has 1 aliphatic heterocycles. The van der Waals surface area contributed by atoms with Crippen molar-refractivity contribution in [1.82, 2.24) is 4.57 Å². The van der Waals surface area contributed by atoms with E-state index in [0.717, 1.165) is 16.2 Å². The Morgan fingerprint density at radius 3 is 3.15 bits per heavy atom. The first kappa shape index (κ1) is 13.5. The zero-order valence-electron chi connectivity index (χ0n) is 11.3. The van der Waals surface area contributed by atoms with Crippen LogP contribution in [0.15, 0.2) is 29.4 Å². The number of esters is 1. The standard InChI is InChI=1S/C14H17N2O3S/c1-2-19-13(18)8-16-12-6-4-3-5-11(12)15-7-10(17)9-20-14(15)16/h3-6,10,17H,2,7-9H2,1H3/q+1/t10-/m0/s1. The highest BCUT2D eigenvalue weighted by atomic mass is 32.2. The monoisotopic (exact) mass is 293 g/mol. The van der Waals surface area contributed by atoms with Crippen LogP contribution in [-0.2, 0) is 22.6 Å². The van der Waals surface area contributed by atoms with Crippen molar-refractivity contribution in [2.45, 2.75) is 31.3 Å². The molecule has 2 aromatic rings. The molecule has 20 heavy (non-hydrogen) atoms. The molecule has 1 aromatic heterocycles. The van der Waals surface area contributed by atoms with Gasteiger partial charge in [0.1, 0.15) is 12.6 Å². The lowest BCUT2D eigenvalue weighted by Crippen LogP contribution is -2.45. The average Bonchev–Trinajstić information content (AvgIpc) is 2.74. The number of hydrogen-bond acceptors (Lipinski definition) is 4. The number of hydrogen-bond donors (Lipinski definition) is 1. The van der Waals surface area contributed by atoms with Crippen molar-refractivity contribution in [2.75, 3.05) is 12.4 Å². The topological polar surface area (TPSA) is 55.3 Å². The van der Waals surface area contributed by atoms with Crippen molar-refractivity contribution in [2.24, 2.45) is 0 Å². The number of para-hydroxylation sites is 2. The van der Waals surface area contributed by atoms with Gasteiger partial charge in [0, 0.05) is 5.75 Å². The molecule has 6 heteroatoms. The van der Waals surface area contributed by atoms with Crippen LogP contribution in [0.2, 0.25) is 0 Å². The smallest absolute Gasteiger partial charge is 0.348 e. The molecule has 1 atom stereocenters. The van der Waals surface area contributed by atoms with Crippen LogP contribution < -0.4 is 4.57 Å². The molecule has 106 valence electrons. The highest BCUT2D eigenvalue weighted by Crippen LogP contribution is 2.26. The van der Waals surface area contributed by atoms with Gasteiger partial charge >= 0.3 is 11.1 Å².